The van der Waals surface area contributed by atoms with E-state index in [-0.39, 0.29) is 0 Å². The first kappa shape index (κ1) is 10.5. The zero-order valence-electron chi connectivity index (χ0n) is 7.10. The van der Waals surface area contributed by atoms with Crippen molar-refractivity contribution in [2.24, 2.45) is 0 Å². The minimum absolute atomic E-state index is 0.343. The molecule has 1 N–H and O–H groups in total. The summed E-state index contributed by atoms with van der Waals surface area (Å²) in [7, 11) is 0. The third-order valence-electron chi connectivity index (χ3n) is 1.72. The van der Waals surface area contributed by atoms with Gasteiger partial charge in [-0.05, 0) is 28.7 Å². The van der Waals surface area contributed by atoms with E-state index in [2.05, 4.69) is 14.7 Å². The summed E-state index contributed by atoms with van der Waals surface area (Å²) < 4.78 is 40.5. The molecule has 7 heteroatoms. The fraction of sp³-hybridized carbons (Fsp3) is 0.125. The fourth-order valence-corrected chi connectivity index (χ4v) is 1.87. The average Bonchev–Trinajstić information content (AvgIpc) is 2.46. The summed E-state index contributed by atoms with van der Waals surface area (Å²) in [5.74, 6) is -0.425. The molecule has 0 radical (unpaired) electrons. The van der Waals surface area contributed by atoms with Crippen LogP contribution in [0.2, 0.25) is 0 Å². The Kier molecular flexibility index (Phi) is 2.49. The van der Waals surface area contributed by atoms with Gasteiger partial charge in [-0.3, -0.25) is 0 Å². The lowest BCUT2D eigenvalue weighted by molar-refractivity contribution is -0.275. The normalized spacial score (nSPS) is 12.0. The molecule has 2 heterocycles. The molecule has 2 aromatic rings. The second kappa shape index (κ2) is 3.54. The van der Waals surface area contributed by atoms with E-state index in [4.69, 9.17) is 0 Å². The van der Waals surface area contributed by atoms with Gasteiger partial charge in [-0.1, -0.05) is 0 Å². The van der Waals surface area contributed by atoms with Crippen LogP contribution in [0.3, 0.4) is 0 Å². The first-order valence-corrected chi connectivity index (χ1v) is 4.92. The molecular weight excluding hydrogens is 324 g/mol. The number of pyridine rings is 1. The molecule has 0 fully saturated rings. The summed E-state index contributed by atoms with van der Waals surface area (Å²) in [6.07, 6.45) is -1.87. The van der Waals surface area contributed by atoms with Crippen LogP contribution in [0, 0.1) is 3.57 Å². The van der Waals surface area contributed by atoms with Gasteiger partial charge in [0.05, 0.1) is 10.9 Å². The molecule has 0 saturated carbocycles. The standard InChI is InChI=1S/C8H4F3IN2O/c9-8(10,11)15-7-6-4(12)3-14-5(6)1-2-13-7/h1-3,14H. The molecule has 80 valence electrons. The lowest BCUT2D eigenvalue weighted by Gasteiger charge is -2.08. The Morgan fingerprint density at radius 1 is 1.40 bits per heavy atom. The third-order valence-corrected chi connectivity index (χ3v) is 2.57. The highest BCUT2D eigenvalue weighted by Crippen LogP contribution is 2.31. The second-order valence-electron chi connectivity index (χ2n) is 2.72. The number of aromatic nitrogens is 2. The van der Waals surface area contributed by atoms with E-state index in [1.165, 1.54) is 6.20 Å². The second-order valence-corrected chi connectivity index (χ2v) is 3.89. The van der Waals surface area contributed by atoms with Gasteiger partial charge in [-0.2, -0.15) is 0 Å². The molecule has 0 aromatic carbocycles. The number of halogens is 4. The van der Waals surface area contributed by atoms with E-state index < -0.39 is 12.2 Å². The first-order valence-electron chi connectivity index (χ1n) is 3.85. The summed E-state index contributed by atoms with van der Waals surface area (Å²) in [5.41, 5.74) is 0.564. The van der Waals surface area contributed by atoms with Crippen LogP contribution in [0.5, 0.6) is 5.88 Å². The van der Waals surface area contributed by atoms with Crippen molar-refractivity contribution < 1.29 is 17.9 Å². The van der Waals surface area contributed by atoms with Crippen molar-refractivity contribution in [3.63, 3.8) is 0 Å². The Morgan fingerprint density at radius 3 is 2.80 bits per heavy atom. The van der Waals surface area contributed by atoms with E-state index in [1.54, 1.807) is 12.3 Å². The van der Waals surface area contributed by atoms with Gasteiger partial charge in [0.1, 0.15) is 0 Å². The molecule has 3 nitrogen and oxygen atoms in total. The van der Waals surface area contributed by atoms with Gasteiger partial charge < -0.3 is 9.72 Å². The molecule has 0 atom stereocenters. The Hall–Kier alpha value is -0.990. The molecule has 0 aliphatic rings. The van der Waals surface area contributed by atoms with E-state index in [0.717, 1.165) is 0 Å². The summed E-state index contributed by atoms with van der Waals surface area (Å²) in [5, 5.41) is 0.343. The minimum atomic E-state index is -4.72. The highest BCUT2D eigenvalue weighted by atomic mass is 127. The van der Waals surface area contributed by atoms with Crippen LogP contribution in [0.1, 0.15) is 0 Å². The molecule has 0 amide bonds. The van der Waals surface area contributed by atoms with Crippen LogP contribution in [0.15, 0.2) is 18.5 Å². The third kappa shape index (κ3) is 2.16. The van der Waals surface area contributed by atoms with E-state index in [1.807, 2.05) is 22.6 Å². The van der Waals surface area contributed by atoms with Gasteiger partial charge in [0.2, 0.25) is 5.88 Å². The Labute approximate surface area is 95.8 Å². The van der Waals surface area contributed by atoms with E-state index in [0.29, 0.717) is 14.5 Å². The van der Waals surface area contributed by atoms with Crippen LogP contribution >= 0.6 is 22.6 Å². The maximum Gasteiger partial charge on any atom is 0.574 e. The van der Waals surface area contributed by atoms with Gasteiger partial charge in [-0.25, -0.2) is 4.98 Å². The molecule has 0 spiro atoms. The van der Waals surface area contributed by atoms with Crippen molar-refractivity contribution in [3.8, 4) is 5.88 Å². The summed E-state index contributed by atoms with van der Waals surface area (Å²) >= 11 is 1.91. The molecule has 2 rings (SSSR count). The first-order chi connectivity index (χ1) is 6.97. The quantitative estimate of drug-likeness (QED) is 0.817. The van der Waals surface area contributed by atoms with Crippen LogP contribution in [-0.2, 0) is 0 Å². The number of alkyl halides is 3. The van der Waals surface area contributed by atoms with Crippen molar-refractivity contribution in [2.45, 2.75) is 6.36 Å². The summed E-state index contributed by atoms with van der Waals surface area (Å²) in [6.45, 7) is 0. The van der Waals surface area contributed by atoms with Gasteiger partial charge in [-0.15, -0.1) is 13.2 Å². The maximum atomic E-state index is 12.0. The van der Waals surface area contributed by atoms with Crippen molar-refractivity contribution in [1.82, 2.24) is 9.97 Å². The SMILES string of the molecule is FC(F)(F)Oc1nccc2[nH]cc(I)c12. The number of hydrogen-bond acceptors (Lipinski definition) is 2. The van der Waals surface area contributed by atoms with Crippen molar-refractivity contribution in [1.29, 1.82) is 0 Å². The molecule has 15 heavy (non-hydrogen) atoms. The van der Waals surface area contributed by atoms with Gasteiger partial charge in [0.15, 0.2) is 0 Å². The minimum Gasteiger partial charge on any atom is -0.387 e. The number of ether oxygens (including phenoxy) is 1. The molecule has 0 aliphatic heterocycles. The van der Waals surface area contributed by atoms with Gasteiger partial charge in [0.25, 0.3) is 0 Å². The predicted octanol–water partition coefficient (Wildman–Crippen LogP) is 3.07. The number of H-pyrrole nitrogens is 1. The van der Waals surface area contributed by atoms with Gasteiger partial charge >= 0.3 is 6.36 Å². The topological polar surface area (TPSA) is 37.9 Å². The molecule has 2 aromatic heterocycles. The monoisotopic (exact) mass is 328 g/mol. The highest BCUT2D eigenvalue weighted by molar-refractivity contribution is 14.1. The molecule has 0 aliphatic carbocycles. The van der Waals surface area contributed by atoms with Gasteiger partial charge in [0, 0.05) is 16.0 Å². The maximum absolute atomic E-state index is 12.0. The molecular formula is C8H4F3IN2O. The van der Waals surface area contributed by atoms with E-state index in [9.17, 15) is 13.2 Å². The Morgan fingerprint density at radius 2 is 2.13 bits per heavy atom. The number of fused-ring (bicyclic) bond motifs is 1. The number of nitrogens with zero attached hydrogens (tertiary/aromatic N) is 1. The smallest absolute Gasteiger partial charge is 0.387 e. The van der Waals surface area contributed by atoms with Crippen LogP contribution < -0.4 is 4.74 Å². The average molecular weight is 328 g/mol. The Bertz CT molecular complexity index is 494. The van der Waals surface area contributed by atoms with Crippen molar-refractivity contribution in [3.05, 3.63) is 22.0 Å². The lowest BCUT2D eigenvalue weighted by atomic mass is 10.3. The van der Waals surface area contributed by atoms with Crippen molar-refractivity contribution in [2.75, 3.05) is 0 Å². The largest absolute Gasteiger partial charge is 0.574 e. The summed E-state index contributed by atoms with van der Waals surface area (Å²) in [4.78, 5) is 6.38. The summed E-state index contributed by atoms with van der Waals surface area (Å²) in [6, 6.07) is 1.58. The molecule has 0 bridgehead atoms. The predicted molar refractivity (Wildman–Crippen MR) is 55.5 cm³/mol. The number of rotatable bonds is 1. The van der Waals surface area contributed by atoms with Crippen LogP contribution in [-0.4, -0.2) is 16.3 Å². The molecule has 0 saturated heterocycles. The number of aromatic amines is 1. The van der Waals surface area contributed by atoms with Crippen LogP contribution in [0.4, 0.5) is 13.2 Å². The Balaban J connectivity index is 2.55. The number of nitrogens with one attached hydrogen (secondary N) is 1. The van der Waals surface area contributed by atoms with Crippen molar-refractivity contribution >= 4 is 33.5 Å². The van der Waals surface area contributed by atoms with Crippen LogP contribution in [0.25, 0.3) is 10.9 Å². The highest BCUT2D eigenvalue weighted by Gasteiger charge is 2.33. The molecule has 0 unspecified atom stereocenters. The lowest BCUT2D eigenvalue weighted by Crippen LogP contribution is -2.18. The van der Waals surface area contributed by atoms with E-state index >= 15 is 0 Å². The number of hydrogen-bond donors (Lipinski definition) is 1. The fourth-order valence-electron chi connectivity index (χ4n) is 1.19. The zero-order chi connectivity index (χ0) is 11.1. The zero-order valence-corrected chi connectivity index (χ0v) is 9.26.